The Morgan fingerprint density at radius 1 is 0.372 bits per heavy atom. The van der Waals surface area contributed by atoms with Gasteiger partial charge in [-0.25, -0.2) is 15.0 Å². The van der Waals surface area contributed by atoms with E-state index in [9.17, 15) is 0 Å². The van der Waals surface area contributed by atoms with Crippen LogP contribution in [-0.2, 0) is 5.41 Å². The van der Waals surface area contributed by atoms with Gasteiger partial charge in [0.1, 0.15) is 0 Å². The molecule has 0 aliphatic heterocycles. The van der Waals surface area contributed by atoms with Gasteiger partial charge < -0.3 is 0 Å². The van der Waals surface area contributed by atoms with Gasteiger partial charge in [0.2, 0.25) is 0 Å². The smallest absolute Gasteiger partial charge is 0.164 e. The molecule has 0 radical (unpaired) electrons. The zero-order valence-electron chi connectivity index (χ0n) is 24.1. The van der Waals surface area contributed by atoms with Gasteiger partial charge in [-0.05, 0) is 68.4 Å². The van der Waals surface area contributed by atoms with Crippen LogP contribution in [0.2, 0.25) is 0 Å². The van der Waals surface area contributed by atoms with Crippen molar-refractivity contribution in [3.63, 3.8) is 0 Å². The van der Waals surface area contributed by atoms with Crippen LogP contribution in [0.1, 0.15) is 25.0 Å². The van der Waals surface area contributed by atoms with E-state index in [1.54, 1.807) is 0 Å². The first kappa shape index (κ1) is 25.3. The summed E-state index contributed by atoms with van der Waals surface area (Å²) in [6.45, 7) is 4.64. The van der Waals surface area contributed by atoms with E-state index in [1.807, 2.05) is 24.3 Å². The van der Waals surface area contributed by atoms with Gasteiger partial charge in [-0.3, -0.25) is 0 Å². The van der Waals surface area contributed by atoms with Gasteiger partial charge in [-0.15, -0.1) is 0 Å². The lowest BCUT2D eigenvalue weighted by atomic mass is 9.81. The minimum absolute atomic E-state index is 0.146. The third-order valence-electron chi connectivity index (χ3n) is 8.70. The molecule has 0 saturated heterocycles. The average Bonchev–Trinajstić information content (AvgIpc) is 3.29. The first-order chi connectivity index (χ1) is 21.0. The largest absolute Gasteiger partial charge is 0.208 e. The molecule has 43 heavy (non-hydrogen) atoms. The maximum absolute atomic E-state index is 5.08. The molecule has 0 amide bonds. The van der Waals surface area contributed by atoms with E-state index in [0.717, 1.165) is 27.8 Å². The number of fused-ring (bicyclic) bond motifs is 4. The highest BCUT2D eigenvalue weighted by Gasteiger charge is 2.36. The van der Waals surface area contributed by atoms with Gasteiger partial charge >= 0.3 is 0 Å². The Kier molecular flexibility index (Phi) is 5.80. The number of aromatic nitrogens is 3. The van der Waals surface area contributed by atoms with Crippen molar-refractivity contribution >= 4 is 10.8 Å². The van der Waals surface area contributed by atoms with E-state index in [0.29, 0.717) is 17.5 Å². The van der Waals surface area contributed by atoms with Crippen molar-refractivity contribution < 1.29 is 0 Å². The summed E-state index contributed by atoms with van der Waals surface area (Å²) >= 11 is 0. The molecule has 0 fully saturated rings. The Hall–Kier alpha value is -5.41. The third-order valence-corrected chi connectivity index (χ3v) is 8.70. The predicted molar refractivity (Wildman–Crippen MR) is 177 cm³/mol. The molecular weight excluding hydrogens is 522 g/mol. The van der Waals surface area contributed by atoms with E-state index < -0.39 is 0 Å². The second kappa shape index (κ2) is 9.85. The van der Waals surface area contributed by atoms with Crippen LogP contribution < -0.4 is 0 Å². The summed E-state index contributed by atoms with van der Waals surface area (Å²) in [4.78, 5) is 15.1. The van der Waals surface area contributed by atoms with Crippen molar-refractivity contribution in [1.82, 2.24) is 15.0 Å². The lowest BCUT2D eigenvalue weighted by molar-refractivity contribution is 0.661. The van der Waals surface area contributed by atoms with E-state index in [2.05, 4.69) is 129 Å². The van der Waals surface area contributed by atoms with Gasteiger partial charge in [-0.2, -0.15) is 0 Å². The van der Waals surface area contributed by atoms with Crippen molar-refractivity contribution in [3.8, 4) is 56.4 Å². The molecule has 6 aromatic carbocycles. The van der Waals surface area contributed by atoms with Crippen LogP contribution in [0.4, 0.5) is 0 Å². The summed E-state index contributed by atoms with van der Waals surface area (Å²) in [6, 6.07) is 49.0. The predicted octanol–water partition coefficient (Wildman–Crippen LogP) is 10.00. The van der Waals surface area contributed by atoms with Crippen LogP contribution >= 0.6 is 0 Å². The fourth-order valence-electron chi connectivity index (χ4n) is 6.38. The highest BCUT2D eigenvalue weighted by Crippen LogP contribution is 2.50. The van der Waals surface area contributed by atoms with E-state index in [-0.39, 0.29) is 5.41 Å². The van der Waals surface area contributed by atoms with Gasteiger partial charge in [0.25, 0.3) is 0 Å². The number of hydrogen-bond donors (Lipinski definition) is 0. The topological polar surface area (TPSA) is 38.7 Å². The van der Waals surface area contributed by atoms with Crippen molar-refractivity contribution in [3.05, 3.63) is 151 Å². The lowest BCUT2D eigenvalue weighted by Gasteiger charge is -2.22. The maximum Gasteiger partial charge on any atom is 0.164 e. The average molecular weight is 552 g/mol. The molecule has 0 spiro atoms. The monoisotopic (exact) mass is 551 g/mol. The summed E-state index contributed by atoms with van der Waals surface area (Å²) in [6.07, 6.45) is 0. The molecule has 0 unspecified atom stereocenters. The fraction of sp³-hybridized carbons (Fsp3) is 0.0750. The Morgan fingerprint density at radius 3 is 1.58 bits per heavy atom. The highest BCUT2D eigenvalue weighted by molar-refractivity contribution is 5.94. The Morgan fingerprint density at radius 2 is 0.884 bits per heavy atom. The van der Waals surface area contributed by atoms with Gasteiger partial charge in [-0.1, -0.05) is 129 Å². The van der Waals surface area contributed by atoms with Crippen molar-refractivity contribution in [2.24, 2.45) is 0 Å². The quantitative estimate of drug-likeness (QED) is 0.218. The molecule has 204 valence electrons. The van der Waals surface area contributed by atoms with Crippen molar-refractivity contribution in [2.45, 2.75) is 19.3 Å². The Labute approximate surface area is 251 Å². The van der Waals surface area contributed by atoms with Crippen LogP contribution in [0.5, 0.6) is 0 Å². The second-order valence-corrected chi connectivity index (χ2v) is 11.7. The van der Waals surface area contributed by atoms with E-state index in [4.69, 9.17) is 15.0 Å². The second-order valence-electron chi connectivity index (χ2n) is 11.7. The molecule has 1 aliphatic rings. The minimum atomic E-state index is -0.146. The molecular formula is C40H29N3. The minimum Gasteiger partial charge on any atom is -0.208 e. The number of nitrogens with zero attached hydrogens (tertiary/aromatic N) is 3. The molecule has 0 saturated carbocycles. The summed E-state index contributed by atoms with van der Waals surface area (Å²) < 4.78 is 0. The summed E-state index contributed by atoms with van der Waals surface area (Å²) in [5.41, 5.74) is 10.3. The zero-order valence-corrected chi connectivity index (χ0v) is 24.1. The van der Waals surface area contributed by atoms with Crippen LogP contribution in [-0.4, -0.2) is 15.0 Å². The van der Waals surface area contributed by atoms with Crippen molar-refractivity contribution in [1.29, 1.82) is 0 Å². The number of rotatable bonds is 4. The molecule has 7 aromatic rings. The number of hydrogen-bond acceptors (Lipinski definition) is 3. The molecule has 0 atom stereocenters. The Bertz CT molecular complexity index is 2150. The molecule has 3 heteroatoms. The van der Waals surface area contributed by atoms with Crippen LogP contribution in [0.3, 0.4) is 0 Å². The van der Waals surface area contributed by atoms with E-state index >= 15 is 0 Å². The van der Waals surface area contributed by atoms with E-state index in [1.165, 1.54) is 33.0 Å². The fourth-order valence-corrected chi connectivity index (χ4v) is 6.38. The van der Waals surface area contributed by atoms with Crippen LogP contribution in [0, 0.1) is 0 Å². The maximum atomic E-state index is 5.08. The standard InChI is InChI=1S/C40H29N3/c1-40(2)35-25-32(20-21-33(35)34-23-29-16-9-10-17-30(29)24-36(34)40)39-42-37(27-14-7-4-8-15-27)41-38(43-39)31-19-11-18-28(22-31)26-12-5-3-6-13-26/h3-25H,1-2H3. The SMILES string of the molecule is CC1(C)c2cc(-c3nc(-c4ccccc4)nc(-c4cccc(-c5ccccc5)c4)n3)ccc2-c2cc3ccccc3cc21. The first-order valence-electron chi connectivity index (χ1n) is 14.7. The summed E-state index contributed by atoms with van der Waals surface area (Å²) in [7, 11) is 0. The molecule has 8 rings (SSSR count). The number of benzene rings is 6. The highest BCUT2D eigenvalue weighted by atomic mass is 15.0. The summed E-state index contributed by atoms with van der Waals surface area (Å²) in [5, 5.41) is 2.54. The molecule has 0 bridgehead atoms. The lowest BCUT2D eigenvalue weighted by Crippen LogP contribution is -2.15. The van der Waals surface area contributed by atoms with Crippen LogP contribution in [0.25, 0.3) is 67.2 Å². The first-order valence-corrected chi connectivity index (χ1v) is 14.7. The normalized spacial score (nSPS) is 13.1. The van der Waals surface area contributed by atoms with Gasteiger partial charge in [0, 0.05) is 22.1 Å². The molecule has 1 aromatic heterocycles. The summed E-state index contributed by atoms with van der Waals surface area (Å²) in [5.74, 6) is 2.00. The molecule has 3 nitrogen and oxygen atoms in total. The Balaban J connectivity index is 1.28. The van der Waals surface area contributed by atoms with Gasteiger partial charge in [0.15, 0.2) is 17.5 Å². The molecule has 1 aliphatic carbocycles. The molecule has 1 heterocycles. The van der Waals surface area contributed by atoms with Crippen LogP contribution in [0.15, 0.2) is 140 Å². The zero-order chi connectivity index (χ0) is 29.0. The van der Waals surface area contributed by atoms with Crippen molar-refractivity contribution in [2.75, 3.05) is 0 Å². The van der Waals surface area contributed by atoms with Gasteiger partial charge in [0.05, 0.1) is 0 Å². The molecule has 0 N–H and O–H groups in total. The third kappa shape index (κ3) is 4.33.